The number of likely N-dealkylation sites (tertiary alicyclic amines) is 1. The maximum Gasteiger partial charge on any atom is 0.328 e. The van der Waals surface area contributed by atoms with Gasteiger partial charge in [-0.1, -0.05) is 0 Å². The third-order valence-corrected chi connectivity index (χ3v) is 12.5. The van der Waals surface area contributed by atoms with Gasteiger partial charge in [-0.05, 0) is 59.3 Å². The molecule has 0 aliphatic carbocycles. The van der Waals surface area contributed by atoms with Gasteiger partial charge in [-0.15, -0.1) is 0 Å². The first-order valence-electron chi connectivity index (χ1n) is 25.9. The zero-order valence-corrected chi connectivity index (χ0v) is 47.0. The number of hydrogen-bond donors (Lipinski definition) is 21. The topological polar surface area (TPSA) is 623 Å². The Morgan fingerprint density at radius 3 is 1.61 bits per heavy atom. The van der Waals surface area contributed by atoms with Crippen LogP contribution in [0.4, 0.5) is 0 Å². The summed E-state index contributed by atoms with van der Waals surface area (Å²) in [6, 6.07) is -16.2. The number of carboxylic acid groups (broad SMARTS) is 2. The second-order valence-corrected chi connectivity index (χ2v) is 19.5. The Bertz CT molecular complexity index is 2430. The van der Waals surface area contributed by atoms with Gasteiger partial charge in [0.05, 0.1) is 44.4 Å². The average Bonchev–Trinajstić information content (AvgIpc) is 4.08. The third-order valence-electron chi connectivity index (χ3n) is 12.1. The highest BCUT2D eigenvalue weighted by atomic mass is 32.1. The fourth-order valence-corrected chi connectivity index (χ4v) is 7.79. The first kappa shape index (κ1) is 73.5. The Morgan fingerprint density at radius 2 is 1.10 bits per heavy atom. The van der Waals surface area contributed by atoms with E-state index in [4.69, 9.17) is 28.7 Å². The molecule has 0 saturated carbocycles. The van der Waals surface area contributed by atoms with E-state index < -0.39 is 213 Å². The summed E-state index contributed by atoms with van der Waals surface area (Å²) in [7, 11) is 0. The molecule has 0 aromatic heterocycles. The van der Waals surface area contributed by atoms with Crippen LogP contribution in [0.1, 0.15) is 78.6 Å². The van der Waals surface area contributed by atoms with Crippen molar-refractivity contribution in [3.8, 4) is 0 Å². The molecule has 12 atom stereocenters. The molecule has 472 valence electrons. The maximum absolute atomic E-state index is 13.9. The zero-order valence-electron chi connectivity index (χ0n) is 46.1. The Morgan fingerprint density at radius 1 is 0.595 bits per heavy atom. The molecule has 0 radical (unpaired) electrons. The highest BCUT2D eigenvalue weighted by molar-refractivity contribution is 7.80. The second-order valence-electron chi connectivity index (χ2n) is 19.1. The van der Waals surface area contributed by atoms with Gasteiger partial charge in [0.25, 0.3) is 0 Å². The van der Waals surface area contributed by atoms with Crippen LogP contribution < -0.4 is 81.8 Å². The number of nitrogens with one attached hydrogen (secondary N) is 10. The van der Waals surface area contributed by atoms with Gasteiger partial charge in [-0.2, -0.15) is 12.6 Å². The summed E-state index contributed by atoms with van der Waals surface area (Å²) in [5.41, 5.74) is 27.0. The molecule has 1 fully saturated rings. The summed E-state index contributed by atoms with van der Waals surface area (Å²) >= 11 is 3.89. The Labute approximate surface area is 485 Å². The Kier molecular flexibility index (Phi) is 32.3. The van der Waals surface area contributed by atoms with Crippen molar-refractivity contribution in [3.63, 3.8) is 0 Å². The van der Waals surface area contributed by atoms with E-state index in [0.29, 0.717) is 0 Å². The fraction of sp³-hybridized carbons (Fsp3) is 0.652. The van der Waals surface area contributed by atoms with E-state index >= 15 is 0 Å². The lowest BCUT2D eigenvalue weighted by atomic mass is 10.1. The summed E-state index contributed by atoms with van der Waals surface area (Å²) in [6.45, 7) is 0.285. The largest absolute Gasteiger partial charge is 0.481 e. The van der Waals surface area contributed by atoms with Crippen molar-refractivity contribution in [1.82, 2.24) is 58.1 Å². The smallest absolute Gasteiger partial charge is 0.328 e. The van der Waals surface area contributed by atoms with Crippen molar-refractivity contribution in [2.24, 2.45) is 33.7 Å². The molecule has 84 heavy (non-hydrogen) atoms. The molecule has 0 bridgehead atoms. The van der Waals surface area contributed by atoms with Gasteiger partial charge in [0, 0.05) is 31.7 Å². The molecule has 1 rings (SSSR count). The first-order valence-corrected chi connectivity index (χ1v) is 26.5. The molecule has 1 aliphatic rings. The highest BCUT2D eigenvalue weighted by Crippen LogP contribution is 2.20. The van der Waals surface area contributed by atoms with Gasteiger partial charge in [0.1, 0.15) is 48.3 Å². The number of aliphatic hydroxyl groups excluding tert-OH is 3. The van der Waals surface area contributed by atoms with Crippen molar-refractivity contribution >= 4 is 107 Å². The number of hydrogen-bond acceptors (Lipinski definition) is 21. The van der Waals surface area contributed by atoms with Crippen LogP contribution in [0.2, 0.25) is 0 Å². The number of guanidine groups is 1. The van der Waals surface area contributed by atoms with E-state index in [2.05, 4.69) is 65.5 Å². The number of carboxylic acids is 2. The molecule has 1 aliphatic heterocycles. The van der Waals surface area contributed by atoms with Crippen LogP contribution in [0.3, 0.4) is 0 Å². The first-order chi connectivity index (χ1) is 39.2. The van der Waals surface area contributed by atoms with Crippen LogP contribution >= 0.6 is 12.6 Å². The van der Waals surface area contributed by atoms with E-state index in [1.807, 2.05) is 5.32 Å². The SMILES string of the molecule is C[C@H](NC(=O)[C@H](CCC(N)=O)NC(=O)[C@@H](NC(=O)CNC(=O)[C@@H](N)CS)[C@@H](C)O)C(=O)N[C@@H](CCCN=C(N)N)C(=O)N[C@@H](CCC(N)=O)C(=O)NCC(=O)N[C@@H](CC(=O)O)C(=O)N1CCC[C@H]1C(=O)N[C@@H](CO)C(=O)N[C@H](C(=O)O)[C@@H](C)O. The van der Waals surface area contributed by atoms with Crippen LogP contribution in [0.25, 0.3) is 0 Å². The molecule has 1 saturated heterocycles. The molecule has 0 aromatic carbocycles. The number of amides is 13. The summed E-state index contributed by atoms with van der Waals surface area (Å²) in [5, 5.41) is 70.9. The quantitative estimate of drug-likeness (QED) is 0.0118. The molecule has 0 spiro atoms. The summed E-state index contributed by atoms with van der Waals surface area (Å²) < 4.78 is 0. The molecule has 25 N–H and O–H groups in total. The van der Waals surface area contributed by atoms with Crippen LogP contribution in [0.15, 0.2) is 4.99 Å². The van der Waals surface area contributed by atoms with E-state index in [-0.39, 0.29) is 50.5 Å². The lowest BCUT2D eigenvalue weighted by Crippen LogP contribution is -2.60. The number of nitrogens with zero attached hydrogens (tertiary/aromatic N) is 2. The second kappa shape index (κ2) is 36.9. The summed E-state index contributed by atoms with van der Waals surface area (Å²) in [6.07, 6.45) is -6.51. The monoisotopic (exact) mass is 1220 g/mol. The lowest BCUT2D eigenvalue weighted by Gasteiger charge is -2.29. The number of aliphatic carboxylic acids is 2. The Balaban J connectivity index is 3.31. The van der Waals surface area contributed by atoms with Crippen LogP contribution in [0.5, 0.6) is 0 Å². The summed E-state index contributed by atoms with van der Waals surface area (Å²) in [5.74, 6) is -17.4. The minimum atomic E-state index is -1.89. The van der Waals surface area contributed by atoms with Crippen LogP contribution in [-0.4, -0.2) is 236 Å². The third kappa shape index (κ3) is 26.6. The van der Waals surface area contributed by atoms with E-state index in [1.54, 1.807) is 0 Å². The van der Waals surface area contributed by atoms with Crippen molar-refractivity contribution in [3.05, 3.63) is 0 Å². The minimum Gasteiger partial charge on any atom is -0.481 e. The standard InChI is InChI=1S/C46H77N17O20S/c1-19(55-39(76)25(9-11-30(49)68)59-43(80)34(20(2)65)61-32(70)16-53-37(74)22(47)18-84)36(73)57-23(6-4-12-52-46(50)51)40(77)58-24(8-10-29(48)67)38(75)54-15-31(69)56-26(14-33(71)72)44(81)63-13-5-7-28(63)42(79)60-27(17-64)41(78)62-35(21(3)66)45(82)83/h19-28,34-35,64-66,84H,4-18,47H2,1-3H3,(H2,48,67)(H2,49,68)(H,53,74)(H,54,75)(H,55,76)(H,56,69)(H,57,73)(H,58,77)(H,59,80)(H,60,79)(H,61,70)(H,62,78)(H,71,72)(H,82,83)(H4,50,51,52)/t19-,20+,21+,22-,23-,24-,25-,26-,27-,28-,34-,35-/m0/s1. The lowest BCUT2D eigenvalue weighted by molar-refractivity contribution is -0.146. The molecule has 0 unspecified atom stereocenters. The van der Waals surface area contributed by atoms with Crippen LogP contribution in [0, 0.1) is 0 Å². The number of aliphatic imine (C=N–C) groups is 1. The minimum absolute atomic E-state index is 0.0215. The van der Waals surface area contributed by atoms with Crippen molar-refractivity contribution in [2.45, 2.75) is 151 Å². The van der Waals surface area contributed by atoms with Gasteiger partial charge in [-0.3, -0.25) is 72.1 Å². The summed E-state index contributed by atoms with van der Waals surface area (Å²) in [4.78, 5) is 197. The maximum atomic E-state index is 13.9. The predicted octanol–water partition coefficient (Wildman–Crippen LogP) is -11.7. The fourth-order valence-electron chi connectivity index (χ4n) is 7.62. The van der Waals surface area contributed by atoms with Gasteiger partial charge in [0.2, 0.25) is 76.8 Å². The molecule has 0 aromatic rings. The number of primary amides is 2. The van der Waals surface area contributed by atoms with E-state index in [1.165, 1.54) is 0 Å². The van der Waals surface area contributed by atoms with Gasteiger partial charge < -0.3 is 112 Å². The van der Waals surface area contributed by atoms with Crippen molar-refractivity contribution < 1.29 is 97.5 Å². The molecular formula is C46H77N17O20S. The number of nitrogens with two attached hydrogens (primary N) is 5. The molecule has 37 nitrogen and oxygen atoms in total. The van der Waals surface area contributed by atoms with Gasteiger partial charge in [0.15, 0.2) is 12.0 Å². The molecule has 13 amide bonds. The normalized spacial score (nSPS) is 16.6. The molecule has 1 heterocycles. The van der Waals surface area contributed by atoms with Crippen molar-refractivity contribution in [2.75, 3.05) is 38.5 Å². The zero-order chi connectivity index (χ0) is 64.1. The Hall–Kier alpha value is -8.49. The average molecular weight is 1220 g/mol. The van der Waals surface area contributed by atoms with Gasteiger partial charge in [-0.25, -0.2) is 4.79 Å². The number of thiol groups is 1. The molecule has 38 heteroatoms. The van der Waals surface area contributed by atoms with Crippen molar-refractivity contribution in [1.29, 1.82) is 0 Å². The number of carbonyl (C=O) groups is 15. The number of carbonyl (C=O) groups excluding carboxylic acids is 13. The van der Waals surface area contributed by atoms with Crippen LogP contribution in [-0.2, 0) is 71.9 Å². The highest BCUT2D eigenvalue weighted by Gasteiger charge is 2.41. The van der Waals surface area contributed by atoms with Gasteiger partial charge >= 0.3 is 11.9 Å². The molecular weight excluding hydrogens is 1140 g/mol. The van der Waals surface area contributed by atoms with E-state index in [9.17, 15) is 97.5 Å². The van der Waals surface area contributed by atoms with E-state index in [0.717, 1.165) is 25.7 Å². The number of aliphatic hydroxyl groups is 3. The number of rotatable bonds is 38. The predicted molar refractivity (Wildman–Crippen MR) is 291 cm³/mol.